The lowest BCUT2D eigenvalue weighted by atomic mass is 9.99. The zero-order chi connectivity index (χ0) is 11.0. The van der Waals surface area contributed by atoms with Crippen molar-refractivity contribution in [1.82, 2.24) is 5.32 Å². The van der Waals surface area contributed by atoms with Crippen LogP contribution in [-0.2, 0) is 9.53 Å². The van der Waals surface area contributed by atoms with Gasteiger partial charge in [-0.1, -0.05) is 26.3 Å². The van der Waals surface area contributed by atoms with Crippen LogP contribution < -0.4 is 5.32 Å². The molecule has 14 heavy (non-hydrogen) atoms. The van der Waals surface area contributed by atoms with E-state index in [1.54, 1.807) is 6.92 Å². The number of ether oxygens (including phenoxy) is 1. The standard InChI is InChI=1S/C11H21NO2/c1-5-9(3)10(12-4)7-8-11(13)14-6-2/h7-10,12H,5-6H2,1-4H3/b8-7+/t9-,10+/m0/s1. The molecule has 0 unspecified atom stereocenters. The molecule has 2 atom stereocenters. The molecule has 0 aromatic heterocycles. The first kappa shape index (κ1) is 13.2. The van der Waals surface area contributed by atoms with Gasteiger partial charge in [0.2, 0.25) is 0 Å². The summed E-state index contributed by atoms with van der Waals surface area (Å²) in [6, 6.07) is 0.240. The van der Waals surface area contributed by atoms with Crippen LogP contribution >= 0.6 is 0 Å². The second-order valence-corrected chi connectivity index (χ2v) is 3.31. The minimum absolute atomic E-state index is 0.240. The van der Waals surface area contributed by atoms with Gasteiger partial charge in [-0.3, -0.25) is 0 Å². The van der Waals surface area contributed by atoms with E-state index in [-0.39, 0.29) is 12.0 Å². The normalized spacial score (nSPS) is 15.4. The monoisotopic (exact) mass is 199 g/mol. The van der Waals surface area contributed by atoms with Gasteiger partial charge < -0.3 is 10.1 Å². The quantitative estimate of drug-likeness (QED) is 0.523. The fraction of sp³-hybridized carbons (Fsp3) is 0.727. The third-order valence-corrected chi connectivity index (χ3v) is 2.32. The Morgan fingerprint density at radius 1 is 1.50 bits per heavy atom. The summed E-state index contributed by atoms with van der Waals surface area (Å²) in [4.78, 5) is 11.0. The van der Waals surface area contributed by atoms with Gasteiger partial charge in [-0.05, 0) is 19.9 Å². The Labute approximate surface area is 86.5 Å². The number of esters is 1. The molecule has 0 aliphatic rings. The van der Waals surface area contributed by atoms with E-state index in [1.165, 1.54) is 6.08 Å². The molecule has 3 heteroatoms. The minimum atomic E-state index is -0.268. The molecule has 0 radical (unpaired) electrons. The average Bonchev–Trinajstić information content (AvgIpc) is 2.18. The van der Waals surface area contributed by atoms with E-state index in [0.29, 0.717) is 12.5 Å². The largest absolute Gasteiger partial charge is 0.463 e. The molecular formula is C11H21NO2. The zero-order valence-corrected chi connectivity index (χ0v) is 9.54. The van der Waals surface area contributed by atoms with Gasteiger partial charge in [0.1, 0.15) is 0 Å². The molecule has 0 aliphatic carbocycles. The maximum atomic E-state index is 11.0. The van der Waals surface area contributed by atoms with Gasteiger partial charge in [0.25, 0.3) is 0 Å². The summed E-state index contributed by atoms with van der Waals surface area (Å²) in [5.41, 5.74) is 0. The van der Waals surface area contributed by atoms with Crippen molar-refractivity contribution in [2.75, 3.05) is 13.7 Å². The first-order valence-electron chi connectivity index (χ1n) is 5.17. The summed E-state index contributed by atoms with van der Waals surface area (Å²) in [5.74, 6) is 0.252. The lowest BCUT2D eigenvalue weighted by molar-refractivity contribution is -0.137. The number of carbonyl (C=O) groups excluding carboxylic acids is 1. The van der Waals surface area contributed by atoms with E-state index >= 15 is 0 Å². The predicted octanol–water partition coefficient (Wildman–Crippen LogP) is 1.74. The Kier molecular flexibility index (Phi) is 7.11. The van der Waals surface area contributed by atoms with Crippen molar-refractivity contribution >= 4 is 5.97 Å². The van der Waals surface area contributed by atoms with Crippen LogP contribution in [0.5, 0.6) is 0 Å². The van der Waals surface area contributed by atoms with Gasteiger partial charge >= 0.3 is 5.97 Å². The van der Waals surface area contributed by atoms with Crippen molar-refractivity contribution in [3.8, 4) is 0 Å². The maximum absolute atomic E-state index is 11.0. The summed E-state index contributed by atoms with van der Waals surface area (Å²) >= 11 is 0. The molecule has 0 saturated carbocycles. The average molecular weight is 199 g/mol. The summed E-state index contributed by atoms with van der Waals surface area (Å²) < 4.78 is 4.80. The zero-order valence-electron chi connectivity index (χ0n) is 9.54. The molecule has 0 saturated heterocycles. The molecule has 0 bridgehead atoms. The third-order valence-electron chi connectivity index (χ3n) is 2.32. The summed E-state index contributed by atoms with van der Waals surface area (Å²) in [6.45, 7) is 6.51. The van der Waals surface area contributed by atoms with Crippen LogP contribution in [0, 0.1) is 5.92 Å². The van der Waals surface area contributed by atoms with Crippen LogP contribution in [0.2, 0.25) is 0 Å². The van der Waals surface area contributed by atoms with Crippen LogP contribution in [0.25, 0.3) is 0 Å². The number of carbonyl (C=O) groups is 1. The van der Waals surface area contributed by atoms with Crippen LogP contribution in [-0.4, -0.2) is 25.7 Å². The Balaban J connectivity index is 4.09. The second kappa shape index (κ2) is 7.56. The molecule has 1 N–H and O–H groups in total. The Morgan fingerprint density at radius 3 is 2.57 bits per heavy atom. The summed E-state index contributed by atoms with van der Waals surface area (Å²) in [5, 5.41) is 3.16. The summed E-state index contributed by atoms with van der Waals surface area (Å²) in [6.07, 6.45) is 4.45. The van der Waals surface area contributed by atoms with Gasteiger partial charge in [0.05, 0.1) is 6.61 Å². The van der Waals surface area contributed by atoms with Crippen LogP contribution in [0.4, 0.5) is 0 Å². The first-order chi connectivity index (χ1) is 6.65. The Morgan fingerprint density at radius 2 is 2.14 bits per heavy atom. The molecule has 0 aromatic carbocycles. The van der Waals surface area contributed by atoms with E-state index < -0.39 is 0 Å². The molecule has 0 fully saturated rings. The number of hydrogen-bond acceptors (Lipinski definition) is 3. The van der Waals surface area contributed by atoms with E-state index in [4.69, 9.17) is 4.74 Å². The fourth-order valence-corrected chi connectivity index (χ4v) is 1.20. The van der Waals surface area contributed by atoms with E-state index in [9.17, 15) is 4.79 Å². The topological polar surface area (TPSA) is 38.3 Å². The first-order valence-corrected chi connectivity index (χ1v) is 5.17. The van der Waals surface area contributed by atoms with Crippen LogP contribution in [0.1, 0.15) is 27.2 Å². The minimum Gasteiger partial charge on any atom is -0.463 e. The highest BCUT2D eigenvalue weighted by Crippen LogP contribution is 2.08. The van der Waals surface area contributed by atoms with E-state index in [2.05, 4.69) is 19.2 Å². The second-order valence-electron chi connectivity index (χ2n) is 3.31. The van der Waals surface area contributed by atoms with Crippen molar-refractivity contribution in [2.24, 2.45) is 5.92 Å². The number of nitrogens with one attached hydrogen (secondary N) is 1. The number of likely N-dealkylation sites (N-methyl/N-ethyl adjacent to an activating group) is 1. The molecule has 82 valence electrons. The predicted molar refractivity (Wildman–Crippen MR) is 58.1 cm³/mol. The summed E-state index contributed by atoms with van der Waals surface area (Å²) in [7, 11) is 1.90. The molecule has 3 nitrogen and oxygen atoms in total. The molecule has 0 aromatic rings. The smallest absolute Gasteiger partial charge is 0.330 e. The Hall–Kier alpha value is -0.830. The Bertz CT molecular complexity index is 190. The molecular weight excluding hydrogens is 178 g/mol. The van der Waals surface area contributed by atoms with E-state index in [0.717, 1.165) is 6.42 Å². The van der Waals surface area contributed by atoms with Crippen molar-refractivity contribution in [3.63, 3.8) is 0 Å². The van der Waals surface area contributed by atoms with Crippen LogP contribution in [0.3, 0.4) is 0 Å². The van der Waals surface area contributed by atoms with Crippen molar-refractivity contribution in [3.05, 3.63) is 12.2 Å². The lowest BCUT2D eigenvalue weighted by Crippen LogP contribution is -2.29. The lowest BCUT2D eigenvalue weighted by Gasteiger charge is -2.18. The molecule has 0 spiro atoms. The SMILES string of the molecule is CCOC(=O)/C=C/[C@@H](NC)[C@@H](C)CC. The van der Waals surface area contributed by atoms with Crippen LogP contribution in [0.15, 0.2) is 12.2 Å². The van der Waals surface area contributed by atoms with Crippen molar-refractivity contribution < 1.29 is 9.53 Å². The maximum Gasteiger partial charge on any atom is 0.330 e. The van der Waals surface area contributed by atoms with E-state index in [1.807, 2.05) is 13.1 Å². The van der Waals surface area contributed by atoms with Gasteiger partial charge in [-0.15, -0.1) is 0 Å². The highest BCUT2D eigenvalue weighted by Gasteiger charge is 2.10. The highest BCUT2D eigenvalue weighted by molar-refractivity contribution is 5.81. The number of rotatable bonds is 6. The third kappa shape index (κ3) is 5.02. The molecule has 0 amide bonds. The highest BCUT2D eigenvalue weighted by atomic mass is 16.5. The van der Waals surface area contributed by atoms with Crippen molar-refractivity contribution in [1.29, 1.82) is 0 Å². The molecule has 0 rings (SSSR count). The van der Waals surface area contributed by atoms with Crippen molar-refractivity contribution in [2.45, 2.75) is 33.2 Å². The van der Waals surface area contributed by atoms with Gasteiger partial charge in [0, 0.05) is 12.1 Å². The van der Waals surface area contributed by atoms with Gasteiger partial charge in [0.15, 0.2) is 0 Å². The fourth-order valence-electron chi connectivity index (χ4n) is 1.20. The van der Waals surface area contributed by atoms with Gasteiger partial charge in [-0.25, -0.2) is 4.79 Å². The molecule has 0 aliphatic heterocycles. The number of hydrogen-bond donors (Lipinski definition) is 1. The molecule has 0 heterocycles. The van der Waals surface area contributed by atoms with Gasteiger partial charge in [-0.2, -0.15) is 0 Å².